The minimum atomic E-state index is -0.365. The molecule has 1 aromatic rings. The second-order valence-electron chi connectivity index (χ2n) is 6.17. The molecule has 0 aliphatic heterocycles. The number of carbonyl (C=O) groups is 2. The zero-order chi connectivity index (χ0) is 15.9. The van der Waals surface area contributed by atoms with Gasteiger partial charge in [0.15, 0.2) is 6.04 Å². The van der Waals surface area contributed by atoms with Crippen molar-refractivity contribution in [3.05, 3.63) is 35.9 Å². The van der Waals surface area contributed by atoms with Gasteiger partial charge in [0.1, 0.15) is 6.54 Å². The number of hydrogen-bond donors (Lipinski definition) is 3. The summed E-state index contributed by atoms with van der Waals surface area (Å²) in [4.78, 5) is 25.1. The number of benzene rings is 1. The van der Waals surface area contributed by atoms with E-state index in [4.69, 9.17) is 0 Å². The average molecular weight is 304 g/mol. The van der Waals surface area contributed by atoms with Crippen molar-refractivity contribution in [1.29, 1.82) is 0 Å². The molecule has 0 heterocycles. The molecular weight excluding hydrogens is 278 g/mol. The van der Waals surface area contributed by atoms with E-state index in [0.29, 0.717) is 0 Å². The monoisotopic (exact) mass is 304 g/mol. The highest BCUT2D eigenvalue weighted by Gasteiger charge is 2.25. The maximum atomic E-state index is 12.2. The molecule has 1 aliphatic rings. The van der Waals surface area contributed by atoms with Gasteiger partial charge in [-0.05, 0) is 19.8 Å². The van der Waals surface area contributed by atoms with E-state index in [-0.39, 0.29) is 24.0 Å². The predicted molar refractivity (Wildman–Crippen MR) is 85.4 cm³/mol. The number of nitrogens with one attached hydrogen (secondary N) is 3. The first-order valence-electron chi connectivity index (χ1n) is 8.04. The summed E-state index contributed by atoms with van der Waals surface area (Å²) < 4.78 is 0. The highest BCUT2D eigenvalue weighted by molar-refractivity contribution is 5.96. The van der Waals surface area contributed by atoms with Gasteiger partial charge in [-0.1, -0.05) is 43.2 Å². The molecule has 1 saturated carbocycles. The van der Waals surface area contributed by atoms with Crippen LogP contribution in [-0.4, -0.2) is 31.1 Å². The molecule has 5 heteroatoms. The second-order valence-corrected chi connectivity index (χ2v) is 6.17. The number of urea groups is 1. The lowest BCUT2D eigenvalue weighted by atomic mass is 10.2. The normalized spacial score (nSPS) is 17.7. The summed E-state index contributed by atoms with van der Waals surface area (Å²) in [5.74, 6) is -0.232. The molecule has 0 radical (unpaired) electrons. The lowest BCUT2D eigenvalue weighted by molar-refractivity contribution is -0.908. The van der Waals surface area contributed by atoms with Crippen LogP contribution < -0.4 is 15.5 Å². The quantitative estimate of drug-likeness (QED) is 0.755. The average Bonchev–Trinajstić information content (AvgIpc) is 3.00. The summed E-state index contributed by atoms with van der Waals surface area (Å²) in [6.45, 7) is 2.59. The van der Waals surface area contributed by atoms with Gasteiger partial charge >= 0.3 is 6.03 Å². The zero-order valence-electron chi connectivity index (χ0n) is 13.4. The molecule has 2 rings (SSSR count). The molecule has 0 bridgehead atoms. The lowest BCUT2D eigenvalue weighted by Gasteiger charge is -2.21. The van der Waals surface area contributed by atoms with E-state index in [1.165, 1.54) is 5.56 Å². The molecule has 1 fully saturated rings. The third-order valence-electron chi connectivity index (χ3n) is 4.39. The Bertz CT molecular complexity index is 498. The molecule has 1 aliphatic carbocycles. The van der Waals surface area contributed by atoms with Crippen LogP contribution in [0.2, 0.25) is 0 Å². The van der Waals surface area contributed by atoms with Crippen LogP contribution in [0, 0.1) is 0 Å². The molecule has 120 valence electrons. The van der Waals surface area contributed by atoms with Crippen LogP contribution in [0.5, 0.6) is 0 Å². The standard InChI is InChI=1S/C17H25N3O2/c1-13(20(2)12-14-8-4-3-5-9-14)16(21)19-17(22)18-15-10-6-7-11-15/h3-5,8-9,13,15H,6-7,10-12H2,1-2H3,(H2,18,19,21,22)/p+1/t13-/m0/s1. The maximum Gasteiger partial charge on any atom is 0.321 e. The molecular formula is C17H26N3O2+. The third-order valence-corrected chi connectivity index (χ3v) is 4.39. The first-order valence-corrected chi connectivity index (χ1v) is 8.04. The summed E-state index contributed by atoms with van der Waals surface area (Å²) in [7, 11) is 1.96. The molecule has 1 aromatic carbocycles. The number of quaternary nitrogens is 1. The van der Waals surface area contributed by atoms with Gasteiger partial charge in [-0.25, -0.2) is 4.79 Å². The lowest BCUT2D eigenvalue weighted by Crippen LogP contribution is -3.12. The molecule has 5 nitrogen and oxygen atoms in total. The smallest absolute Gasteiger partial charge is 0.321 e. The Hall–Kier alpha value is -1.88. The van der Waals surface area contributed by atoms with Crippen LogP contribution in [0.1, 0.15) is 38.2 Å². The van der Waals surface area contributed by atoms with E-state index in [0.717, 1.165) is 37.1 Å². The SMILES string of the molecule is C[C@@H](C(=O)NC(=O)NC1CCCC1)[NH+](C)Cc1ccccc1. The minimum Gasteiger partial charge on any atom is -0.335 e. The fourth-order valence-corrected chi connectivity index (χ4v) is 2.81. The minimum absolute atomic E-state index is 0.220. The van der Waals surface area contributed by atoms with Crippen molar-refractivity contribution in [1.82, 2.24) is 10.6 Å². The number of amides is 3. The van der Waals surface area contributed by atoms with Gasteiger partial charge in [-0.3, -0.25) is 10.1 Å². The summed E-state index contributed by atoms with van der Waals surface area (Å²) >= 11 is 0. The van der Waals surface area contributed by atoms with Gasteiger partial charge in [0.2, 0.25) is 0 Å². The van der Waals surface area contributed by atoms with Crippen LogP contribution in [0.15, 0.2) is 30.3 Å². The molecule has 22 heavy (non-hydrogen) atoms. The van der Waals surface area contributed by atoms with Gasteiger partial charge in [-0.2, -0.15) is 0 Å². The fraction of sp³-hybridized carbons (Fsp3) is 0.529. The maximum absolute atomic E-state index is 12.2. The van der Waals surface area contributed by atoms with Crippen LogP contribution in [-0.2, 0) is 11.3 Å². The number of likely N-dealkylation sites (N-methyl/N-ethyl adjacent to an activating group) is 1. The van der Waals surface area contributed by atoms with Gasteiger partial charge in [0, 0.05) is 11.6 Å². The van der Waals surface area contributed by atoms with Gasteiger partial charge in [-0.15, -0.1) is 0 Å². The highest BCUT2D eigenvalue weighted by atomic mass is 16.2. The summed E-state index contributed by atoms with van der Waals surface area (Å²) in [6, 6.07) is 9.61. The predicted octanol–water partition coefficient (Wildman–Crippen LogP) is 0.858. The highest BCUT2D eigenvalue weighted by Crippen LogP contribution is 2.17. The van der Waals surface area contributed by atoms with Crippen LogP contribution >= 0.6 is 0 Å². The Labute approximate surface area is 132 Å². The number of rotatable bonds is 5. The Morgan fingerprint density at radius 2 is 1.86 bits per heavy atom. The molecule has 2 atom stereocenters. The molecule has 0 spiro atoms. The van der Waals surface area contributed by atoms with Crippen LogP contribution in [0.4, 0.5) is 4.79 Å². The van der Waals surface area contributed by atoms with Crippen molar-refractivity contribution in [2.45, 2.75) is 51.2 Å². The number of hydrogen-bond acceptors (Lipinski definition) is 2. The molecule has 1 unspecified atom stereocenters. The Balaban J connectivity index is 1.79. The fourth-order valence-electron chi connectivity index (χ4n) is 2.81. The van der Waals surface area contributed by atoms with E-state index in [1.807, 2.05) is 44.3 Å². The van der Waals surface area contributed by atoms with E-state index >= 15 is 0 Å². The van der Waals surface area contributed by atoms with Crippen molar-refractivity contribution in [2.75, 3.05) is 7.05 Å². The Kier molecular flexibility index (Phi) is 5.95. The largest absolute Gasteiger partial charge is 0.335 e. The summed E-state index contributed by atoms with van der Waals surface area (Å²) in [5.41, 5.74) is 1.18. The molecule has 0 aromatic heterocycles. The van der Waals surface area contributed by atoms with E-state index in [2.05, 4.69) is 10.6 Å². The number of imide groups is 1. The van der Waals surface area contributed by atoms with Gasteiger partial charge in [0.25, 0.3) is 5.91 Å². The van der Waals surface area contributed by atoms with E-state index < -0.39 is 0 Å². The first-order chi connectivity index (χ1) is 10.6. The van der Waals surface area contributed by atoms with Crippen molar-refractivity contribution < 1.29 is 14.5 Å². The summed E-state index contributed by atoms with van der Waals surface area (Å²) in [5, 5.41) is 5.34. The second kappa shape index (κ2) is 7.94. The van der Waals surface area contributed by atoms with Crippen molar-refractivity contribution in [3.8, 4) is 0 Å². The molecule has 3 amide bonds. The van der Waals surface area contributed by atoms with Gasteiger partial charge < -0.3 is 10.2 Å². The van der Waals surface area contributed by atoms with Crippen LogP contribution in [0.3, 0.4) is 0 Å². The zero-order valence-corrected chi connectivity index (χ0v) is 13.4. The van der Waals surface area contributed by atoms with E-state index in [9.17, 15) is 9.59 Å². The molecule has 0 saturated heterocycles. The topological polar surface area (TPSA) is 62.6 Å². The van der Waals surface area contributed by atoms with Gasteiger partial charge in [0.05, 0.1) is 7.05 Å². The van der Waals surface area contributed by atoms with Crippen molar-refractivity contribution >= 4 is 11.9 Å². The van der Waals surface area contributed by atoms with E-state index in [1.54, 1.807) is 0 Å². The first kappa shape index (κ1) is 16.5. The Morgan fingerprint density at radius 3 is 2.50 bits per heavy atom. The summed E-state index contributed by atoms with van der Waals surface area (Å²) in [6.07, 6.45) is 4.32. The van der Waals surface area contributed by atoms with Crippen LogP contribution in [0.25, 0.3) is 0 Å². The third kappa shape index (κ3) is 4.84. The number of carbonyl (C=O) groups excluding carboxylic acids is 2. The van der Waals surface area contributed by atoms with Crippen molar-refractivity contribution in [3.63, 3.8) is 0 Å². The molecule has 3 N–H and O–H groups in total. The van der Waals surface area contributed by atoms with Crippen molar-refractivity contribution in [2.24, 2.45) is 0 Å². The Morgan fingerprint density at radius 1 is 1.23 bits per heavy atom.